The van der Waals surface area contributed by atoms with E-state index in [4.69, 9.17) is 4.74 Å². The van der Waals surface area contributed by atoms with Crippen LogP contribution in [0.25, 0.3) is 0 Å². The van der Waals surface area contributed by atoms with Gasteiger partial charge < -0.3 is 10.1 Å². The van der Waals surface area contributed by atoms with E-state index in [1.807, 2.05) is 18.2 Å². The number of hydrogen-bond donors (Lipinski definition) is 1. The van der Waals surface area contributed by atoms with E-state index in [2.05, 4.69) is 24.0 Å². The molecule has 1 saturated carbocycles. The third kappa shape index (κ3) is 3.38. The van der Waals surface area contributed by atoms with E-state index < -0.39 is 0 Å². The van der Waals surface area contributed by atoms with Crippen molar-refractivity contribution in [2.45, 2.75) is 31.8 Å². The zero-order valence-corrected chi connectivity index (χ0v) is 9.61. The van der Waals surface area contributed by atoms with Crippen LogP contribution < -0.4 is 10.1 Å². The van der Waals surface area contributed by atoms with Crippen LogP contribution in [0.5, 0.6) is 5.75 Å². The third-order valence-corrected chi connectivity index (χ3v) is 2.71. The van der Waals surface area contributed by atoms with Gasteiger partial charge in [-0.25, -0.2) is 0 Å². The van der Waals surface area contributed by atoms with Crippen molar-refractivity contribution in [3.8, 4) is 5.75 Å². The number of benzene rings is 1. The minimum Gasteiger partial charge on any atom is -0.493 e. The summed E-state index contributed by atoms with van der Waals surface area (Å²) in [5, 5.41) is 3.50. The van der Waals surface area contributed by atoms with E-state index in [9.17, 15) is 0 Å². The summed E-state index contributed by atoms with van der Waals surface area (Å²) in [5.41, 5.74) is 1.25. The van der Waals surface area contributed by atoms with Crippen LogP contribution in [-0.4, -0.2) is 12.6 Å². The predicted molar refractivity (Wildman–Crippen MR) is 66.6 cm³/mol. The quantitative estimate of drug-likeness (QED) is 0.560. The van der Waals surface area contributed by atoms with Crippen molar-refractivity contribution in [1.82, 2.24) is 5.32 Å². The van der Waals surface area contributed by atoms with Gasteiger partial charge in [0.1, 0.15) is 5.75 Å². The average molecular weight is 217 g/mol. The summed E-state index contributed by atoms with van der Waals surface area (Å²) in [5.74, 6) is 0.998. The number of nitrogens with one attached hydrogen (secondary N) is 1. The molecule has 0 heterocycles. The number of rotatable bonds is 7. The summed E-state index contributed by atoms with van der Waals surface area (Å²) >= 11 is 0. The first-order chi connectivity index (χ1) is 7.90. The van der Waals surface area contributed by atoms with Gasteiger partial charge in [-0.3, -0.25) is 0 Å². The highest BCUT2D eigenvalue weighted by atomic mass is 16.5. The summed E-state index contributed by atoms with van der Waals surface area (Å²) in [6.07, 6.45) is 5.41. The molecule has 16 heavy (non-hydrogen) atoms. The Hall–Kier alpha value is -1.28. The molecule has 0 aromatic heterocycles. The van der Waals surface area contributed by atoms with Gasteiger partial charge in [-0.15, -0.1) is 6.58 Å². The van der Waals surface area contributed by atoms with Crippen molar-refractivity contribution < 1.29 is 4.74 Å². The Morgan fingerprint density at radius 3 is 2.94 bits per heavy atom. The zero-order chi connectivity index (χ0) is 11.2. The first-order valence-corrected chi connectivity index (χ1v) is 5.95. The molecule has 0 atom stereocenters. The summed E-state index contributed by atoms with van der Waals surface area (Å²) in [6, 6.07) is 8.97. The largest absolute Gasteiger partial charge is 0.493 e. The van der Waals surface area contributed by atoms with Gasteiger partial charge in [0.15, 0.2) is 0 Å². The molecule has 2 nitrogen and oxygen atoms in total. The van der Waals surface area contributed by atoms with Crippen molar-refractivity contribution in [2.75, 3.05) is 6.61 Å². The molecule has 0 aliphatic heterocycles. The molecule has 1 fully saturated rings. The highest BCUT2D eigenvalue weighted by Gasteiger charge is 2.20. The van der Waals surface area contributed by atoms with Crippen LogP contribution in [0.1, 0.15) is 24.8 Å². The minimum atomic E-state index is 0.712. The maximum absolute atomic E-state index is 5.72. The normalized spacial score (nSPS) is 14.8. The molecule has 1 aromatic rings. The van der Waals surface area contributed by atoms with Gasteiger partial charge in [0.2, 0.25) is 0 Å². The number of para-hydroxylation sites is 1. The lowest BCUT2D eigenvalue weighted by Gasteiger charge is -2.11. The lowest BCUT2D eigenvalue weighted by molar-refractivity contribution is 0.320. The van der Waals surface area contributed by atoms with Crippen molar-refractivity contribution in [1.29, 1.82) is 0 Å². The first-order valence-electron chi connectivity index (χ1n) is 5.95. The Bertz CT molecular complexity index is 344. The number of hydrogen-bond acceptors (Lipinski definition) is 2. The Morgan fingerprint density at radius 1 is 1.38 bits per heavy atom. The van der Waals surface area contributed by atoms with E-state index in [0.717, 1.165) is 24.8 Å². The Labute approximate surface area is 97.3 Å². The Kier molecular flexibility index (Phi) is 4.00. The lowest BCUT2D eigenvalue weighted by Crippen LogP contribution is -2.16. The fourth-order valence-electron chi connectivity index (χ4n) is 1.58. The standard InChI is InChI=1S/C14H19NO/c1-2-3-10-16-14-7-5-4-6-12(14)11-15-13-8-9-13/h2,4-7,13,15H,1,3,8-11H2. The van der Waals surface area contributed by atoms with E-state index in [1.54, 1.807) is 0 Å². The second-order valence-electron chi connectivity index (χ2n) is 4.19. The molecule has 0 spiro atoms. The first kappa shape index (κ1) is 11.2. The van der Waals surface area contributed by atoms with Gasteiger partial charge in [-0.1, -0.05) is 24.3 Å². The summed E-state index contributed by atoms with van der Waals surface area (Å²) in [4.78, 5) is 0. The summed E-state index contributed by atoms with van der Waals surface area (Å²) in [6.45, 7) is 5.31. The van der Waals surface area contributed by atoms with Crippen LogP contribution in [-0.2, 0) is 6.54 Å². The molecule has 0 amide bonds. The maximum Gasteiger partial charge on any atom is 0.123 e. The average Bonchev–Trinajstić information content (AvgIpc) is 3.12. The molecular formula is C14H19NO. The van der Waals surface area contributed by atoms with Gasteiger partial charge in [0.25, 0.3) is 0 Å². The number of ether oxygens (including phenoxy) is 1. The molecule has 2 rings (SSSR count). The molecule has 0 unspecified atom stereocenters. The molecule has 86 valence electrons. The molecular weight excluding hydrogens is 198 g/mol. The van der Waals surface area contributed by atoms with E-state index in [-0.39, 0.29) is 0 Å². The second-order valence-corrected chi connectivity index (χ2v) is 4.19. The van der Waals surface area contributed by atoms with Crippen molar-refractivity contribution in [2.24, 2.45) is 0 Å². The predicted octanol–water partition coefficient (Wildman–Crippen LogP) is 2.89. The molecule has 1 aliphatic rings. The fraction of sp³-hybridized carbons (Fsp3) is 0.429. The highest BCUT2D eigenvalue weighted by Crippen LogP contribution is 2.22. The van der Waals surface area contributed by atoms with Gasteiger partial charge in [0, 0.05) is 18.2 Å². The molecule has 1 N–H and O–H groups in total. The van der Waals surface area contributed by atoms with Gasteiger partial charge in [0.05, 0.1) is 6.61 Å². The summed E-state index contributed by atoms with van der Waals surface area (Å²) in [7, 11) is 0. The molecule has 0 radical (unpaired) electrons. The highest BCUT2D eigenvalue weighted by molar-refractivity contribution is 5.33. The van der Waals surface area contributed by atoms with E-state index in [0.29, 0.717) is 6.61 Å². The fourth-order valence-corrected chi connectivity index (χ4v) is 1.58. The van der Waals surface area contributed by atoms with Gasteiger partial charge >= 0.3 is 0 Å². The zero-order valence-electron chi connectivity index (χ0n) is 9.61. The van der Waals surface area contributed by atoms with Crippen LogP contribution in [0.2, 0.25) is 0 Å². The summed E-state index contributed by atoms with van der Waals surface area (Å²) < 4.78 is 5.72. The minimum absolute atomic E-state index is 0.712. The molecule has 1 aromatic carbocycles. The van der Waals surface area contributed by atoms with Crippen LogP contribution >= 0.6 is 0 Å². The second kappa shape index (κ2) is 5.71. The van der Waals surface area contributed by atoms with Crippen LogP contribution in [0.15, 0.2) is 36.9 Å². The SMILES string of the molecule is C=CCCOc1ccccc1CNC1CC1. The van der Waals surface area contributed by atoms with Crippen LogP contribution in [0.4, 0.5) is 0 Å². The van der Waals surface area contributed by atoms with Crippen molar-refractivity contribution in [3.05, 3.63) is 42.5 Å². The lowest BCUT2D eigenvalue weighted by atomic mass is 10.2. The molecule has 0 bridgehead atoms. The maximum atomic E-state index is 5.72. The van der Waals surface area contributed by atoms with E-state index in [1.165, 1.54) is 18.4 Å². The van der Waals surface area contributed by atoms with Crippen LogP contribution in [0, 0.1) is 0 Å². The third-order valence-electron chi connectivity index (χ3n) is 2.71. The monoisotopic (exact) mass is 217 g/mol. The smallest absolute Gasteiger partial charge is 0.123 e. The van der Waals surface area contributed by atoms with Crippen molar-refractivity contribution >= 4 is 0 Å². The Morgan fingerprint density at radius 2 is 2.19 bits per heavy atom. The van der Waals surface area contributed by atoms with Gasteiger partial charge in [-0.05, 0) is 25.3 Å². The molecule has 2 heteroatoms. The topological polar surface area (TPSA) is 21.3 Å². The van der Waals surface area contributed by atoms with Crippen LogP contribution in [0.3, 0.4) is 0 Å². The van der Waals surface area contributed by atoms with Gasteiger partial charge in [-0.2, -0.15) is 0 Å². The molecule has 1 aliphatic carbocycles. The van der Waals surface area contributed by atoms with E-state index >= 15 is 0 Å². The molecule has 0 saturated heterocycles. The van der Waals surface area contributed by atoms with Crippen molar-refractivity contribution in [3.63, 3.8) is 0 Å². The Balaban J connectivity index is 1.89.